The SMILES string of the molecule is CCc1ccc(S(=O)(=O)NC(C)(CC)CCl)s1. The molecule has 1 unspecified atom stereocenters. The van der Waals surface area contributed by atoms with Crippen molar-refractivity contribution in [2.75, 3.05) is 5.88 Å². The van der Waals surface area contributed by atoms with Crippen LogP contribution in [0.5, 0.6) is 0 Å². The number of aryl methyl sites for hydroxylation is 1. The van der Waals surface area contributed by atoms with E-state index in [-0.39, 0.29) is 5.88 Å². The van der Waals surface area contributed by atoms with Gasteiger partial charge in [-0.1, -0.05) is 13.8 Å². The fourth-order valence-corrected chi connectivity index (χ4v) is 4.37. The molecule has 0 saturated carbocycles. The van der Waals surface area contributed by atoms with Crippen molar-refractivity contribution in [3.8, 4) is 0 Å². The smallest absolute Gasteiger partial charge is 0.206 e. The Labute approximate surface area is 112 Å². The van der Waals surface area contributed by atoms with E-state index in [4.69, 9.17) is 11.6 Å². The highest BCUT2D eigenvalue weighted by Crippen LogP contribution is 2.24. The van der Waals surface area contributed by atoms with E-state index in [9.17, 15) is 8.42 Å². The Bertz CT molecular complexity index is 464. The molecule has 0 radical (unpaired) electrons. The Kier molecular flexibility index (Phi) is 5.01. The normalized spacial score (nSPS) is 15.8. The Balaban J connectivity index is 2.96. The molecule has 17 heavy (non-hydrogen) atoms. The van der Waals surface area contributed by atoms with Crippen LogP contribution in [0.15, 0.2) is 16.3 Å². The molecule has 1 rings (SSSR count). The lowest BCUT2D eigenvalue weighted by atomic mass is 10.0. The van der Waals surface area contributed by atoms with Crippen molar-refractivity contribution in [3.05, 3.63) is 17.0 Å². The predicted octanol–water partition coefficient (Wildman–Crippen LogP) is 3.00. The zero-order valence-electron chi connectivity index (χ0n) is 10.3. The van der Waals surface area contributed by atoms with E-state index in [2.05, 4.69) is 4.72 Å². The molecule has 1 atom stereocenters. The van der Waals surface area contributed by atoms with Gasteiger partial charge in [-0.3, -0.25) is 0 Å². The summed E-state index contributed by atoms with van der Waals surface area (Å²) >= 11 is 7.12. The standard InChI is InChI=1S/C11H18ClNO2S2/c1-4-9-6-7-10(16-9)17(14,15)13-11(3,5-2)8-12/h6-7,13H,4-5,8H2,1-3H3. The van der Waals surface area contributed by atoms with Gasteiger partial charge in [0, 0.05) is 16.3 Å². The maximum absolute atomic E-state index is 12.1. The number of halogens is 1. The average molecular weight is 296 g/mol. The first-order chi connectivity index (χ1) is 7.87. The van der Waals surface area contributed by atoms with Gasteiger partial charge in [0.15, 0.2) is 0 Å². The summed E-state index contributed by atoms with van der Waals surface area (Å²) in [4.78, 5) is 1.06. The van der Waals surface area contributed by atoms with Gasteiger partial charge < -0.3 is 0 Å². The van der Waals surface area contributed by atoms with Crippen molar-refractivity contribution in [1.82, 2.24) is 4.72 Å². The first-order valence-electron chi connectivity index (χ1n) is 5.55. The maximum atomic E-state index is 12.1. The van der Waals surface area contributed by atoms with Gasteiger partial charge in [-0.15, -0.1) is 22.9 Å². The minimum atomic E-state index is -3.45. The molecule has 0 bridgehead atoms. The third-order valence-electron chi connectivity index (χ3n) is 2.71. The van der Waals surface area contributed by atoms with E-state index in [1.54, 1.807) is 6.07 Å². The van der Waals surface area contributed by atoms with Crippen LogP contribution in [0.4, 0.5) is 0 Å². The lowest BCUT2D eigenvalue weighted by molar-refractivity contribution is 0.445. The van der Waals surface area contributed by atoms with Crippen LogP contribution < -0.4 is 4.72 Å². The van der Waals surface area contributed by atoms with E-state index >= 15 is 0 Å². The van der Waals surface area contributed by atoms with Gasteiger partial charge in [-0.2, -0.15) is 0 Å². The van der Waals surface area contributed by atoms with Gasteiger partial charge in [-0.05, 0) is 31.9 Å². The molecule has 0 aliphatic rings. The Morgan fingerprint density at radius 3 is 2.47 bits per heavy atom. The fraction of sp³-hybridized carbons (Fsp3) is 0.636. The van der Waals surface area contributed by atoms with Crippen molar-refractivity contribution in [1.29, 1.82) is 0 Å². The van der Waals surface area contributed by atoms with Gasteiger partial charge in [0.2, 0.25) is 0 Å². The lowest BCUT2D eigenvalue weighted by Crippen LogP contribution is -2.46. The number of nitrogens with one attached hydrogen (secondary N) is 1. The summed E-state index contributed by atoms with van der Waals surface area (Å²) in [6.07, 6.45) is 1.50. The van der Waals surface area contributed by atoms with Gasteiger partial charge in [-0.25, -0.2) is 13.1 Å². The van der Waals surface area contributed by atoms with Gasteiger partial charge in [0.1, 0.15) is 4.21 Å². The van der Waals surface area contributed by atoms with Crippen LogP contribution in [-0.4, -0.2) is 19.8 Å². The number of alkyl halides is 1. The summed E-state index contributed by atoms with van der Waals surface area (Å²) < 4.78 is 27.3. The predicted molar refractivity (Wildman–Crippen MR) is 73.4 cm³/mol. The average Bonchev–Trinajstić information content (AvgIpc) is 2.77. The van der Waals surface area contributed by atoms with E-state index in [0.717, 1.165) is 11.3 Å². The molecule has 98 valence electrons. The van der Waals surface area contributed by atoms with Crippen LogP contribution in [0.2, 0.25) is 0 Å². The molecule has 1 aromatic rings. The molecular formula is C11H18ClNO2S2. The molecule has 0 saturated heterocycles. The third kappa shape index (κ3) is 3.68. The highest BCUT2D eigenvalue weighted by Gasteiger charge is 2.29. The Hall–Kier alpha value is -0.100. The monoisotopic (exact) mass is 295 g/mol. The second-order valence-electron chi connectivity index (χ2n) is 4.23. The topological polar surface area (TPSA) is 46.2 Å². The van der Waals surface area contributed by atoms with Gasteiger partial charge in [0.05, 0.1) is 0 Å². The number of hydrogen-bond donors (Lipinski definition) is 1. The molecule has 0 spiro atoms. The van der Waals surface area contributed by atoms with Gasteiger partial charge >= 0.3 is 0 Å². The summed E-state index contributed by atoms with van der Waals surface area (Å²) in [5.74, 6) is 0.259. The zero-order chi connectivity index (χ0) is 13.1. The molecule has 0 amide bonds. The highest BCUT2D eigenvalue weighted by molar-refractivity contribution is 7.91. The number of thiophene rings is 1. The van der Waals surface area contributed by atoms with Crippen LogP contribution in [-0.2, 0) is 16.4 Å². The van der Waals surface area contributed by atoms with Crippen molar-refractivity contribution < 1.29 is 8.42 Å². The highest BCUT2D eigenvalue weighted by atomic mass is 35.5. The first-order valence-corrected chi connectivity index (χ1v) is 8.39. The molecule has 3 nitrogen and oxygen atoms in total. The first kappa shape index (κ1) is 15.0. The van der Waals surface area contributed by atoms with Gasteiger partial charge in [0.25, 0.3) is 10.0 Å². The molecule has 6 heteroatoms. The minimum absolute atomic E-state index is 0.259. The van der Waals surface area contributed by atoms with Crippen molar-refractivity contribution in [2.45, 2.75) is 43.4 Å². The van der Waals surface area contributed by atoms with Crippen LogP contribution in [0, 0.1) is 0 Å². The molecule has 1 heterocycles. The lowest BCUT2D eigenvalue weighted by Gasteiger charge is -2.26. The van der Waals surface area contributed by atoms with Crippen LogP contribution in [0.1, 0.15) is 32.1 Å². The fourth-order valence-electron chi connectivity index (χ4n) is 1.26. The van der Waals surface area contributed by atoms with E-state index < -0.39 is 15.6 Å². The third-order valence-corrected chi connectivity index (χ3v) is 6.66. The molecule has 0 aliphatic heterocycles. The maximum Gasteiger partial charge on any atom is 0.250 e. The quantitative estimate of drug-likeness (QED) is 0.820. The van der Waals surface area contributed by atoms with Crippen molar-refractivity contribution in [2.24, 2.45) is 0 Å². The molecule has 0 fully saturated rings. The van der Waals surface area contributed by atoms with Crippen LogP contribution in [0.3, 0.4) is 0 Å². The summed E-state index contributed by atoms with van der Waals surface area (Å²) in [7, 11) is -3.45. The largest absolute Gasteiger partial charge is 0.250 e. The Morgan fingerprint density at radius 2 is 2.06 bits per heavy atom. The Morgan fingerprint density at radius 1 is 1.41 bits per heavy atom. The second-order valence-corrected chi connectivity index (χ2v) is 7.57. The van der Waals surface area contributed by atoms with Crippen LogP contribution >= 0.6 is 22.9 Å². The van der Waals surface area contributed by atoms with Crippen molar-refractivity contribution >= 4 is 33.0 Å². The summed E-state index contributed by atoms with van der Waals surface area (Å²) in [5.41, 5.74) is -0.587. The van der Waals surface area contributed by atoms with E-state index in [1.165, 1.54) is 11.3 Å². The van der Waals surface area contributed by atoms with E-state index in [0.29, 0.717) is 10.6 Å². The second kappa shape index (κ2) is 5.69. The molecular weight excluding hydrogens is 278 g/mol. The van der Waals surface area contributed by atoms with Crippen LogP contribution in [0.25, 0.3) is 0 Å². The molecule has 1 aromatic heterocycles. The summed E-state index contributed by atoms with van der Waals surface area (Å²) in [6.45, 7) is 5.73. The molecule has 0 aromatic carbocycles. The number of rotatable bonds is 6. The summed E-state index contributed by atoms with van der Waals surface area (Å²) in [5, 5.41) is 0. The molecule has 1 N–H and O–H groups in total. The zero-order valence-corrected chi connectivity index (χ0v) is 12.7. The number of hydrogen-bond acceptors (Lipinski definition) is 3. The minimum Gasteiger partial charge on any atom is -0.206 e. The molecule has 0 aliphatic carbocycles. The van der Waals surface area contributed by atoms with E-state index in [1.807, 2.05) is 26.8 Å². The number of sulfonamides is 1. The van der Waals surface area contributed by atoms with Crippen molar-refractivity contribution in [3.63, 3.8) is 0 Å². The summed E-state index contributed by atoms with van der Waals surface area (Å²) in [6, 6.07) is 3.50.